The van der Waals surface area contributed by atoms with Gasteiger partial charge in [0.15, 0.2) is 0 Å². The number of hydrogen-bond acceptors (Lipinski definition) is 6. The minimum Gasteiger partial charge on any atom is -0.491 e. The molecule has 212 valence electrons. The van der Waals surface area contributed by atoms with Gasteiger partial charge in [-0.3, -0.25) is 4.90 Å². The van der Waals surface area contributed by atoms with Gasteiger partial charge in [0.1, 0.15) is 18.4 Å². The zero-order chi connectivity index (χ0) is 29.1. The molecule has 4 rings (SSSR count). The summed E-state index contributed by atoms with van der Waals surface area (Å²) < 4.78 is 5.65. The van der Waals surface area contributed by atoms with Gasteiger partial charge < -0.3 is 19.8 Å². The van der Waals surface area contributed by atoms with Crippen molar-refractivity contribution >= 4 is 17.3 Å². The number of piperazine rings is 1. The Morgan fingerprint density at radius 3 is 2.25 bits per heavy atom. The summed E-state index contributed by atoms with van der Waals surface area (Å²) in [6, 6.07) is 23.9. The van der Waals surface area contributed by atoms with Crippen LogP contribution in [0.25, 0.3) is 0 Å². The number of halogens is 1. The number of aliphatic hydroxyl groups excluding tert-OH is 1. The molecule has 3 aromatic rings. The first-order valence-corrected chi connectivity index (χ1v) is 14.2. The highest BCUT2D eigenvalue weighted by atomic mass is 35.5. The molecule has 7 heteroatoms. The highest BCUT2D eigenvalue weighted by molar-refractivity contribution is 6.30. The summed E-state index contributed by atoms with van der Waals surface area (Å²) >= 11 is 6.21. The lowest BCUT2D eigenvalue weighted by Crippen LogP contribution is -2.52. The van der Waals surface area contributed by atoms with Crippen molar-refractivity contribution in [1.82, 2.24) is 4.90 Å². The van der Waals surface area contributed by atoms with Crippen molar-refractivity contribution in [2.45, 2.75) is 57.8 Å². The van der Waals surface area contributed by atoms with E-state index in [1.165, 1.54) is 5.56 Å². The van der Waals surface area contributed by atoms with Crippen LogP contribution in [0, 0.1) is 11.3 Å². The average molecular weight is 562 g/mol. The fraction of sp³-hybridized carbons (Fsp3) is 0.424. The van der Waals surface area contributed by atoms with Gasteiger partial charge in [0.2, 0.25) is 0 Å². The zero-order valence-electron chi connectivity index (χ0n) is 24.1. The van der Waals surface area contributed by atoms with Gasteiger partial charge >= 0.3 is 0 Å². The summed E-state index contributed by atoms with van der Waals surface area (Å²) in [5.74, 6) is 0.552. The molecule has 1 aliphatic heterocycles. The molecule has 0 saturated carbocycles. The van der Waals surface area contributed by atoms with Crippen LogP contribution >= 0.6 is 11.6 Å². The molecule has 6 nitrogen and oxygen atoms in total. The Balaban J connectivity index is 1.59. The van der Waals surface area contributed by atoms with Crippen molar-refractivity contribution in [2.75, 3.05) is 37.7 Å². The third-order valence-electron chi connectivity index (χ3n) is 7.51. The predicted molar refractivity (Wildman–Crippen MR) is 161 cm³/mol. The fourth-order valence-electron chi connectivity index (χ4n) is 5.26. The number of rotatable bonds is 8. The molecule has 0 radical (unpaired) electrons. The molecule has 1 aliphatic rings. The van der Waals surface area contributed by atoms with Crippen molar-refractivity contribution in [2.24, 2.45) is 0 Å². The summed E-state index contributed by atoms with van der Waals surface area (Å²) in [5.41, 5.74) is 3.59. The number of benzene rings is 3. The number of nitrogens with zero attached hydrogens (tertiary/aromatic N) is 3. The second kappa shape index (κ2) is 12.2. The number of hydrogen-bond donors (Lipinski definition) is 2. The largest absolute Gasteiger partial charge is 0.491 e. The Hall–Kier alpha value is -3.08. The van der Waals surface area contributed by atoms with Crippen LogP contribution in [-0.2, 0) is 11.0 Å². The topological polar surface area (TPSA) is 80.0 Å². The van der Waals surface area contributed by atoms with Gasteiger partial charge in [-0.05, 0) is 66.3 Å². The molecule has 0 amide bonds. The molecule has 2 N–H and O–H groups in total. The van der Waals surface area contributed by atoms with Gasteiger partial charge in [0.25, 0.3) is 0 Å². The van der Waals surface area contributed by atoms with E-state index in [-0.39, 0.29) is 18.1 Å². The summed E-state index contributed by atoms with van der Waals surface area (Å²) in [7, 11) is 0. The predicted octanol–water partition coefficient (Wildman–Crippen LogP) is 6.04. The third-order valence-corrected chi connectivity index (χ3v) is 7.76. The van der Waals surface area contributed by atoms with Gasteiger partial charge in [-0.2, -0.15) is 5.26 Å². The smallest absolute Gasteiger partial charge is 0.120 e. The number of aliphatic hydroxyl groups is 2. The number of nitriles is 1. The standard InChI is InChI=1S/C33H40ClN3O3/c1-23(38)21-40-29-14-15-30(25(18-29)19-35)37-17-16-36(20-31(37)24-6-12-28(34)13-7-24)22-33(5,39)27-10-8-26(9-11-27)32(2,3)4/h6-15,18,23,31,38-39H,16-17,20-22H2,1-5H3/t23-,31-,33+/m0/s1. The molecule has 0 unspecified atom stereocenters. The molecular formula is C33H40ClN3O3. The Morgan fingerprint density at radius 1 is 1.00 bits per heavy atom. The number of anilines is 1. The van der Waals surface area contributed by atoms with Gasteiger partial charge in [-0.25, -0.2) is 0 Å². The Kier molecular flexibility index (Phi) is 9.12. The van der Waals surface area contributed by atoms with E-state index in [1.54, 1.807) is 13.0 Å². The van der Waals surface area contributed by atoms with Crippen molar-refractivity contribution in [3.8, 4) is 11.8 Å². The van der Waals surface area contributed by atoms with E-state index >= 15 is 0 Å². The van der Waals surface area contributed by atoms with Crippen LogP contribution in [0.1, 0.15) is 62.9 Å². The fourth-order valence-corrected chi connectivity index (χ4v) is 5.39. The normalized spacial score (nSPS) is 18.6. The monoisotopic (exact) mass is 561 g/mol. The molecule has 0 aliphatic carbocycles. The van der Waals surface area contributed by atoms with E-state index in [0.717, 1.165) is 23.4 Å². The molecule has 0 bridgehead atoms. The zero-order valence-corrected chi connectivity index (χ0v) is 24.8. The molecule has 1 fully saturated rings. The van der Waals surface area contributed by atoms with Crippen molar-refractivity contribution in [3.63, 3.8) is 0 Å². The van der Waals surface area contributed by atoms with E-state index in [2.05, 4.69) is 48.8 Å². The van der Waals surface area contributed by atoms with Crippen LogP contribution in [0.3, 0.4) is 0 Å². The van der Waals surface area contributed by atoms with Crippen molar-refractivity contribution < 1.29 is 14.9 Å². The summed E-state index contributed by atoms with van der Waals surface area (Å²) in [6.45, 7) is 12.8. The molecule has 3 aromatic carbocycles. The first kappa shape index (κ1) is 29.9. The average Bonchev–Trinajstić information content (AvgIpc) is 2.91. The van der Waals surface area contributed by atoms with E-state index in [1.807, 2.05) is 55.5 Å². The minimum absolute atomic E-state index is 0.0520. The molecule has 1 heterocycles. The van der Waals surface area contributed by atoms with Crippen LogP contribution in [-0.4, -0.2) is 54.0 Å². The van der Waals surface area contributed by atoms with Crippen LogP contribution in [0.15, 0.2) is 66.7 Å². The summed E-state index contributed by atoms with van der Waals surface area (Å²) in [4.78, 5) is 4.54. The lowest BCUT2D eigenvalue weighted by Gasteiger charge is -2.45. The lowest BCUT2D eigenvalue weighted by molar-refractivity contribution is 0.0103. The highest BCUT2D eigenvalue weighted by Gasteiger charge is 2.34. The lowest BCUT2D eigenvalue weighted by atomic mass is 9.85. The maximum absolute atomic E-state index is 11.6. The minimum atomic E-state index is -1.02. The second-order valence-corrected chi connectivity index (χ2v) is 12.5. The van der Waals surface area contributed by atoms with E-state index in [9.17, 15) is 15.5 Å². The first-order chi connectivity index (χ1) is 18.9. The van der Waals surface area contributed by atoms with Crippen molar-refractivity contribution in [1.29, 1.82) is 5.26 Å². The Labute approximate surface area is 243 Å². The van der Waals surface area contributed by atoms with Crippen LogP contribution in [0.4, 0.5) is 5.69 Å². The molecule has 3 atom stereocenters. The van der Waals surface area contributed by atoms with Gasteiger partial charge in [0.05, 0.1) is 29.0 Å². The number of β-amino-alcohol motifs (C(OH)–C–C–N with tert-alkyl or cyclic N) is 1. The van der Waals surface area contributed by atoms with Crippen molar-refractivity contribution in [3.05, 3.63) is 94.0 Å². The summed E-state index contributed by atoms with van der Waals surface area (Å²) in [5, 5.41) is 31.8. The van der Waals surface area contributed by atoms with E-state index < -0.39 is 11.7 Å². The summed E-state index contributed by atoms with van der Waals surface area (Å²) in [6.07, 6.45) is -0.596. The third kappa shape index (κ3) is 7.16. The van der Waals surface area contributed by atoms with Crippen LogP contribution < -0.4 is 9.64 Å². The number of ether oxygens (including phenoxy) is 1. The van der Waals surface area contributed by atoms with Gasteiger partial charge in [-0.1, -0.05) is 68.8 Å². The second-order valence-electron chi connectivity index (χ2n) is 12.0. The quantitative estimate of drug-likeness (QED) is 0.349. The first-order valence-electron chi connectivity index (χ1n) is 13.8. The van der Waals surface area contributed by atoms with Crippen LogP contribution in [0.2, 0.25) is 5.02 Å². The van der Waals surface area contributed by atoms with Crippen LogP contribution in [0.5, 0.6) is 5.75 Å². The SMILES string of the molecule is C[C@H](O)COc1ccc(N2CCN(C[C@@](C)(O)c3ccc(C(C)(C)C)cc3)C[C@H]2c2ccc(Cl)cc2)c(C#N)c1. The molecular weight excluding hydrogens is 522 g/mol. The van der Waals surface area contributed by atoms with E-state index in [0.29, 0.717) is 36.0 Å². The molecule has 0 aromatic heterocycles. The molecule has 0 spiro atoms. The molecule has 1 saturated heterocycles. The van der Waals surface area contributed by atoms with E-state index in [4.69, 9.17) is 16.3 Å². The van der Waals surface area contributed by atoms with Gasteiger partial charge in [0, 0.05) is 31.2 Å². The maximum atomic E-state index is 11.6. The highest BCUT2D eigenvalue weighted by Crippen LogP contribution is 2.36. The van der Waals surface area contributed by atoms with Gasteiger partial charge in [-0.15, -0.1) is 0 Å². The Bertz CT molecular complexity index is 1330. The Morgan fingerprint density at radius 2 is 1.65 bits per heavy atom. The molecule has 40 heavy (non-hydrogen) atoms. The maximum Gasteiger partial charge on any atom is 0.120 e.